The van der Waals surface area contributed by atoms with Gasteiger partial charge in [-0.3, -0.25) is 0 Å². The Morgan fingerprint density at radius 1 is 1.30 bits per heavy atom. The van der Waals surface area contributed by atoms with E-state index in [0.717, 1.165) is 4.68 Å². The van der Waals surface area contributed by atoms with Crippen LogP contribution in [0.4, 0.5) is 9.18 Å². The van der Waals surface area contributed by atoms with Crippen molar-refractivity contribution in [1.82, 2.24) is 14.8 Å². The zero-order valence-electron chi connectivity index (χ0n) is 15.8. The Hall–Kier alpha value is -3.27. The summed E-state index contributed by atoms with van der Waals surface area (Å²) in [7, 11) is 0. The zero-order valence-corrected chi connectivity index (χ0v) is 15.8. The molecule has 3 aromatic rings. The molecule has 0 radical (unpaired) electrons. The molecule has 2 aromatic heterocycles. The van der Waals surface area contributed by atoms with Crippen LogP contribution in [0, 0.1) is 31.0 Å². The highest BCUT2D eigenvalue weighted by molar-refractivity contribution is 5.90. The van der Waals surface area contributed by atoms with Crippen LogP contribution < -0.4 is 0 Å². The van der Waals surface area contributed by atoms with Crippen LogP contribution in [-0.4, -0.2) is 26.5 Å². The number of fused-ring (bicyclic) bond motifs is 1. The third-order valence-corrected chi connectivity index (χ3v) is 3.97. The van der Waals surface area contributed by atoms with Crippen molar-refractivity contribution in [2.75, 3.05) is 0 Å². The molecule has 0 aliphatic rings. The van der Waals surface area contributed by atoms with E-state index in [4.69, 9.17) is 4.74 Å². The molecule has 0 aliphatic heterocycles. The van der Waals surface area contributed by atoms with Crippen molar-refractivity contribution in [2.45, 2.75) is 40.2 Å². The summed E-state index contributed by atoms with van der Waals surface area (Å²) in [5.41, 5.74) is 1.85. The molecule has 27 heavy (non-hydrogen) atoms. The van der Waals surface area contributed by atoms with Crippen LogP contribution in [0.15, 0.2) is 24.3 Å². The molecule has 0 amide bonds. The maximum atomic E-state index is 14.4. The molecule has 0 fully saturated rings. The van der Waals surface area contributed by atoms with Crippen LogP contribution >= 0.6 is 0 Å². The molecule has 138 valence electrons. The van der Waals surface area contributed by atoms with Gasteiger partial charge < -0.3 is 4.74 Å². The van der Waals surface area contributed by atoms with Crippen LogP contribution in [0.25, 0.3) is 22.3 Å². The van der Waals surface area contributed by atoms with Gasteiger partial charge in [0.05, 0.1) is 17.0 Å². The van der Waals surface area contributed by atoms with E-state index in [1.54, 1.807) is 46.8 Å². The van der Waals surface area contributed by atoms with Gasteiger partial charge >= 0.3 is 6.09 Å². The van der Waals surface area contributed by atoms with E-state index in [-0.39, 0.29) is 16.8 Å². The SMILES string of the molecule is Cc1cccc(F)c1-c1nc2c(C)nn(C(=O)OC(C)(C)C)c2cc1C#N. The van der Waals surface area contributed by atoms with E-state index < -0.39 is 17.5 Å². The molecule has 0 aliphatic carbocycles. The number of halogens is 1. The van der Waals surface area contributed by atoms with Crippen LogP contribution in [-0.2, 0) is 4.74 Å². The Morgan fingerprint density at radius 3 is 2.59 bits per heavy atom. The third-order valence-electron chi connectivity index (χ3n) is 3.97. The molecular weight excluding hydrogens is 347 g/mol. The number of nitrogens with zero attached hydrogens (tertiary/aromatic N) is 4. The minimum absolute atomic E-state index is 0.153. The normalized spacial score (nSPS) is 11.4. The number of rotatable bonds is 1. The summed E-state index contributed by atoms with van der Waals surface area (Å²) in [5.74, 6) is -0.462. The monoisotopic (exact) mass is 366 g/mol. The van der Waals surface area contributed by atoms with Crippen LogP contribution in [0.1, 0.15) is 37.6 Å². The Bertz CT molecular complexity index is 1080. The Morgan fingerprint density at radius 2 is 2.00 bits per heavy atom. The minimum atomic E-state index is -0.695. The average Bonchev–Trinajstić information content (AvgIpc) is 2.89. The molecule has 0 bridgehead atoms. The zero-order chi connectivity index (χ0) is 19.9. The number of aromatic nitrogens is 3. The van der Waals surface area contributed by atoms with E-state index >= 15 is 0 Å². The molecule has 2 heterocycles. The van der Waals surface area contributed by atoms with E-state index in [1.807, 2.05) is 6.07 Å². The summed E-state index contributed by atoms with van der Waals surface area (Å²) >= 11 is 0. The standard InChI is InChI=1S/C20H19FN4O2/c1-11-7-6-8-14(21)16(11)18-13(10-22)9-15-17(23-18)12(2)24-25(15)19(26)27-20(3,4)5/h6-9H,1-5H3. The van der Waals surface area contributed by atoms with Gasteiger partial charge in [0.15, 0.2) is 0 Å². The number of ether oxygens (including phenoxy) is 1. The van der Waals surface area contributed by atoms with E-state index in [9.17, 15) is 14.4 Å². The van der Waals surface area contributed by atoms with Crippen molar-refractivity contribution in [1.29, 1.82) is 5.26 Å². The largest absolute Gasteiger partial charge is 0.442 e. The maximum absolute atomic E-state index is 14.4. The molecular formula is C20H19FN4O2. The smallest absolute Gasteiger partial charge is 0.435 e. The second-order valence-electron chi connectivity index (χ2n) is 7.27. The number of nitriles is 1. The molecule has 0 N–H and O–H groups in total. The number of benzene rings is 1. The van der Waals surface area contributed by atoms with Crippen LogP contribution in [0.3, 0.4) is 0 Å². The van der Waals surface area contributed by atoms with Crippen molar-refractivity contribution in [3.05, 3.63) is 46.9 Å². The van der Waals surface area contributed by atoms with Gasteiger partial charge in [-0.1, -0.05) is 12.1 Å². The first-order valence-corrected chi connectivity index (χ1v) is 8.41. The predicted octanol–water partition coefficient (Wildman–Crippen LogP) is 4.51. The molecule has 0 atom stereocenters. The first kappa shape index (κ1) is 18.5. The third kappa shape index (κ3) is 3.38. The fourth-order valence-corrected chi connectivity index (χ4v) is 2.83. The lowest BCUT2D eigenvalue weighted by Crippen LogP contribution is -2.27. The lowest BCUT2D eigenvalue weighted by atomic mass is 10.0. The van der Waals surface area contributed by atoms with Gasteiger partial charge in [0.1, 0.15) is 28.5 Å². The maximum Gasteiger partial charge on any atom is 0.435 e. The average molecular weight is 366 g/mol. The number of carbonyl (C=O) groups is 1. The van der Waals surface area contributed by atoms with Gasteiger partial charge in [0, 0.05) is 5.56 Å². The summed E-state index contributed by atoms with van der Waals surface area (Å²) in [6, 6.07) is 8.22. The summed E-state index contributed by atoms with van der Waals surface area (Å²) in [4.78, 5) is 16.9. The number of pyridine rings is 1. The molecule has 1 aromatic carbocycles. The van der Waals surface area contributed by atoms with Crippen molar-refractivity contribution >= 4 is 17.1 Å². The Kier molecular flexibility index (Phi) is 4.44. The molecule has 0 saturated heterocycles. The number of hydrogen-bond donors (Lipinski definition) is 0. The molecule has 7 heteroatoms. The number of aryl methyl sites for hydroxylation is 2. The van der Waals surface area contributed by atoms with Gasteiger partial charge in [-0.25, -0.2) is 14.2 Å². The van der Waals surface area contributed by atoms with E-state index in [2.05, 4.69) is 10.1 Å². The first-order chi connectivity index (χ1) is 12.6. The Balaban J connectivity index is 2.26. The van der Waals surface area contributed by atoms with Crippen LogP contribution in [0.5, 0.6) is 0 Å². The summed E-state index contributed by atoms with van der Waals surface area (Å²) < 4.78 is 20.9. The van der Waals surface area contributed by atoms with Crippen molar-refractivity contribution in [3.63, 3.8) is 0 Å². The van der Waals surface area contributed by atoms with E-state index in [0.29, 0.717) is 22.3 Å². The van der Waals surface area contributed by atoms with Gasteiger partial charge in [-0.2, -0.15) is 15.0 Å². The lowest BCUT2D eigenvalue weighted by Gasteiger charge is -2.19. The highest BCUT2D eigenvalue weighted by Gasteiger charge is 2.24. The summed E-state index contributed by atoms with van der Waals surface area (Å²) in [5, 5.41) is 13.8. The fraction of sp³-hybridized carbons (Fsp3) is 0.300. The van der Waals surface area contributed by atoms with Gasteiger partial charge in [-0.05, 0) is 52.3 Å². The van der Waals surface area contributed by atoms with Gasteiger partial charge in [0.25, 0.3) is 0 Å². The summed E-state index contributed by atoms with van der Waals surface area (Å²) in [6.07, 6.45) is -0.666. The second-order valence-corrected chi connectivity index (χ2v) is 7.27. The highest BCUT2D eigenvalue weighted by atomic mass is 19.1. The van der Waals surface area contributed by atoms with Crippen LogP contribution in [0.2, 0.25) is 0 Å². The molecule has 0 spiro atoms. The highest BCUT2D eigenvalue weighted by Crippen LogP contribution is 2.31. The predicted molar refractivity (Wildman–Crippen MR) is 98.7 cm³/mol. The van der Waals surface area contributed by atoms with E-state index in [1.165, 1.54) is 12.1 Å². The summed E-state index contributed by atoms with van der Waals surface area (Å²) in [6.45, 7) is 8.70. The van der Waals surface area contributed by atoms with Gasteiger partial charge in [0.2, 0.25) is 0 Å². The quantitative estimate of drug-likeness (QED) is 0.633. The molecule has 0 unspecified atom stereocenters. The molecule has 3 rings (SSSR count). The topological polar surface area (TPSA) is 80.8 Å². The Labute approximate surface area is 156 Å². The number of hydrogen-bond acceptors (Lipinski definition) is 5. The van der Waals surface area contributed by atoms with Crippen molar-refractivity contribution < 1.29 is 13.9 Å². The number of carbonyl (C=O) groups excluding carboxylic acids is 1. The second kappa shape index (κ2) is 6.47. The fourth-order valence-electron chi connectivity index (χ4n) is 2.83. The molecule has 6 nitrogen and oxygen atoms in total. The minimum Gasteiger partial charge on any atom is -0.442 e. The lowest BCUT2D eigenvalue weighted by molar-refractivity contribution is 0.0522. The van der Waals surface area contributed by atoms with Crippen molar-refractivity contribution in [3.8, 4) is 17.3 Å². The molecule has 0 saturated carbocycles. The first-order valence-electron chi connectivity index (χ1n) is 8.41. The van der Waals surface area contributed by atoms with Crippen molar-refractivity contribution in [2.24, 2.45) is 0 Å². The van der Waals surface area contributed by atoms with Gasteiger partial charge in [-0.15, -0.1) is 0 Å².